The molecule has 1 N–H and O–H groups in total. The fourth-order valence-electron chi connectivity index (χ4n) is 5.15. The molecule has 1 saturated carbocycles. The highest BCUT2D eigenvalue weighted by Gasteiger charge is 2.31. The number of nitrogens with zero attached hydrogens (tertiary/aromatic N) is 4. The van der Waals surface area contributed by atoms with Crippen LogP contribution in [0.25, 0.3) is 11.3 Å². The van der Waals surface area contributed by atoms with Crippen LogP contribution in [-0.2, 0) is 26.4 Å². The van der Waals surface area contributed by atoms with E-state index in [1.807, 2.05) is 47.0 Å². The van der Waals surface area contributed by atoms with Crippen LogP contribution in [0, 0.1) is 0 Å². The lowest BCUT2D eigenvalue weighted by atomic mass is 10.1. The lowest BCUT2D eigenvalue weighted by Crippen LogP contribution is -2.38. The number of nitrogens with one attached hydrogen (secondary N) is 1. The Morgan fingerprint density at radius 3 is 2.84 bits per heavy atom. The van der Waals surface area contributed by atoms with Crippen LogP contribution in [-0.4, -0.2) is 43.9 Å². The molecular weight excluding hydrogens is 390 g/mol. The Kier molecular flexibility index (Phi) is 5.26. The first-order valence-corrected chi connectivity index (χ1v) is 11.2. The van der Waals surface area contributed by atoms with E-state index in [0.717, 1.165) is 42.7 Å². The number of aromatic nitrogens is 4. The van der Waals surface area contributed by atoms with Crippen molar-refractivity contribution in [1.82, 2.24) is 24.9 Å². The number of hydrogen-bond acceptors (Lipinski definition) is 4. The fraction of sp³-hybridized carbons (Fsp3) is 0.458. The molecule has 0 radical (unpaired) electrons. The van der Waals surface area contributed by atoms with E-state index in [9.17, 15) is 4.79 Å². The van der Waals surface area contributed by atoms with E-state index in [1.165, 1.54) is 30.5 Å². The zero-order valence-corrected chi connectivity index (χ0v) is 18.2. The van der Waals surface area contributed by atoms with Gasteiger partial charge in [0.05, 0.1) is 25.0 Å². The van der Waals surface area contributed by atoms with Gasteiger partial charge >= 0.3 is 0 Å². The Morgan fingerprint density at radius 1 is 1.23 bits per heavy atom. The van der Waals surface area contributed by atoms with Crippen molar-refractivity contribution in [3.63, 3.8) is 0 Å². The average Bonchev–Trinajstić information content (AvgIpc) is 3.59. The van der Waals surface area contributed by atoms with E-state index in [2.05, 4.69) is 10.2 Å². The summed E-state index contributed by atoms with van der Waals surface area (Å²) < 4.78 is 7.47. The van der Waals surface area contributed by atoms with E-state index < -0.39 is 0 Å². The quantitative estimate of drug-likeness (QED) is 0.658. The zero-order valence-electron chi connectivity index (χ0n) is 18.2. The first-order valence-electron chi connectivity index (χ1n) is 11.2. The second-order valence-electron chi connectivity index (χ2n) is 8.59. The Morgan fingerprint density at radius 2 is 2.03 bits per heavy atom. The van der Waals surface area contributed by atoms with Crippen LogP contribution in [0.4, 0.5) is 0 Å². The van der Waals surface area contributed by atoms with Gasteiger partial charge in [-0.3, -0.25) is 14.6 Å². The number of benzene rings is 1. The Hall–Kier alpha value is -3.09. The van der Waals surface area contributed by atoms with E-state index >= 15 is 0 Å². The minimum Gasteiger partial charge on any atom is -0.496 e. The summed E-state index contributed by atoms with van der Waals surface area (Å²) in [6.07, 6.45) is 7.76. The molecule has 0 bridgehead atoms. The van der Waals surface area contributed by atoms with E-state index in [0.29, 0.717) is 17.9 Å². The topological polar surface area (TPSA) is 76.0 Å². The van der Waals surface area contributed by atoms with Crippen LogP contribution in [0.3, 0.4) is 0 Å². The number of fused-ring (bicyclic) bond motifs is 1. The van der Waals surface area contributed by atoms with Crippen LogP contribution in [0.15, 0.2) is 30.3 Å². The van der Waals surface area contributed by atoms with Gasteiger partial charge in [0, 0.05) is 24.3 Å². The number of rotatable bonds is 6. The highest BCUT2D eigenvalue weighted by atomic mass is 16.5. The van der Waals surface area contributed by atoms with Gasteiger partial charge in [0.1, 0.15) is 11.4 Å². The summed E-state index contributed by atoms with van der Waals surface area (Å²) >= 11 is 0. The van der Waals surface area contributed by atoms with Crippen molar-refractivity contribution in [3.05, 3.63) is 53.0 Å². The third-order valence-corrected chi connectivity index (χ3v) is 6.74. The van der Waals surface area contributed by atoms with Crippen molar-refractivity contribution in [2.75, 3.05) is 7.11 Å². The van der Waals surface area contributed by atoms with Crippen LogP contribution in [0.2, 0.25) is 0 Å². The van der Waals surface area contributed by atoms with Crippen LogP contribution < -0.4 is 4.74 Å². The molecule has 1 fully saturated rings. The molecule has 162 valence electrons. The van der Waals surface area contributed by atoms with E-state index in [1.54, 1.807) is 7.11 Å². The second kappa shape index (κ2) is 8.21. The van der Waals surface area contributed by atoms with Gasteiger partial charge in [-0.25, -0.2) is 0 Å². The molecule has 7 heteroatoms. The SMILES string of the molecule is COc1ccccc1-c1cc(C(=O)N(Cc2nn(C)c3c2CCC3)C2CCCC2)[nH]n1. The average molecular weight is 420 g/mol. The molecule has 7 nitrogen and oxygen atoms in total. The molecule has 0 spiro atoms. The van der Waals surface area contributed by atoms with Crippen LogP contribution in [0.1, 0.15) is 59.5 Å². The van der Waals surface area contributed by atoms with Crippen molar-refractivity contribution in [1.29, 1.82) is 0 Å². The third kappa shape index (κ3) is 3.62. The van der Waals surface area contributed by atoms with Crippen molar-refractivity contribution >= 4 is 5.91 Å². The first kappa shape index (κ1) is 19.8. The Labute approximate surface area is 182 Å². The molecule has 2 heterocycles. The van der Waals surface area contributed by atoms with Crippen LogP contribution >= 0.6 is 0 Å². The smallest absolute Gasteiger partial charge is 0.272 e. The summed E-state index contributed by atoms with van der Waals surface area (Å²) in [7, 11) is 3.66. The molecule has 31 heavy (non-hydrogen) atoms. The maximum Gasteiger partial charge on any atom is 0.272 e. The summed E-state index contributed by atoms with van der Waals surface area (Å²) in [6, 6.07) is 9.82. The number of hydrogen-bond donors (Lipinski definition) is 1. The van der Waals surface area contributed by atoms with Gasteiger partial charge in [-0.2, -0.15) is 10.2 Å². The number of carbonyl (C=O) groups is 1. The molecule has 0 saturated heterocycles. The molecule has 2 aliphatic rings. The molecule has 0 unspecified atom stereocenters. The number of para-hydroxylation sites is 1. The molecule has 2 aliphatic carbocycles. The molecule has 1 aromatic carbocycles. The maximum absolute atomic E-state index is 13.6. The Balaban J connectivity index is 1.44. The van der Waals surface area contributed by atoms with E-state index in [4.69, 9.17) is 9.84 Å². The molecular formula is C24H29N5O2. The summed E-state index contributed by atoms with van der Waals surface area (Å²) in [5.74, 6) is 0.739. The normalized spacial score (nSPS) is 15.9. The van der Waals surface area contributed by atoms with Crippen molar-refractivity contribution in [2.24, 2.45) is 7.05 Å². The molecule has 0 atom stereocenters. The highest BCUT2D eigenvalue weighted by molar-refractivity contribution is 5.93. The van der Waals surface area contributed by atoms with E-state index in [-0.39, 0.29) is 11.9 Å². The number of H-pyrrole nitrogens is 1. The lowest BCUT2D eigenvalue weighted by molar-refractivity contribution is 0.0654. The monoisotopic (exact) mass is 419 g/mol. The predicted molar refractivity (Wildman–Crippen MR) is 118 cm³/mol. The minimum absolute atomic E-state index is 0.00190. The molecule has 0 aliphatic heterocycles. The summed E-state index contributed by atoms with van der Waals surface area (Å²) in [6.45, 7) is 0.565. The van der Waals surface area contributed by atoms with Gasteiger partial charge in [0.15, 0.2) is 0 Å². The lowest BCUT2D eigenvalue weighted by Gasteiger charge is -2.28. The highest BCUT2D eigenvalue weighted by Crippen LogP contribution is 2.32. The predicted octanol–water partition coefficient (Wildman–Crippen LogP) is 3.89. The van der Waals surface area contributed by atoms with Gasteiger partial charge in [-0.05, 0) is 55.9 Å². The summed E-state index contributed by atoms with van der Waals surface area (Å²) in [5.41, 5.74) is 5.83. The second-order valence-corrected chi connectivity index (χ2v) is 8.59. The van der Waals surface area contributed by atoms with Gasteiger partial charge in [0.2, 0.25) is 0 Å². The fourth-order valence-corrected chi connectivity index (χ4v) is 5.15. The number of methoxy groups -OCH3 is 1. The zero-order chi connectivity index (χ0) is 21.4. The molecule has 2 aromatic heterocycles. The summed E-state index contributed by atoms with van der Waals surface area (Å²) in [5, 5.41) is 12.2. The first-order chi connectivity index (χ1) is 15.2. The van der Waals surface area contributed by atoms with Gasteiger partial charge in [-0.15, -0.1) is 0 Å². The molecule has 5 rings (SSSR count). The van der Waals surface area contributed by atoms with Gasteiger partial charge in [-0.1, -0.05) is 25.0 Å². The minimum atomic E-state index is -0.00190. The number of amides is 1. The third-order valence-electron chi connectivity index (χ3n) is 6.74. The van der Waals surface area contributed by atoms with Crippen molar-refractivity contribution in [3.8, 4) is 17.0 Å². The van der Waals surface area contributed by atoms with Gasteiger partial charge in [0.25, 0.3) is 5.91 Å². The number of aryl methyl sites for hydroxylation is 1. The number of ether oxygens (including phenoxy) is 1. The number of aromatic amines is 1. The molecule has 3 aromatic rings. The largest absolute Gasteiger partial charge is 0.496 e. The maximum atomic E-state index is 13.6. The summed E-state index contributed by atoms with van der Waals surface area (Å²) in [4.78, 5) is 15.7. The molecule has 1 amide bonds. The standard InChI is InChI=1S/C24H29N5O2/c1-28-22-12-7-11-17(22)21(27-28)15-29(16-8-3-4-9-16)24(30)20-14-19(25-26-20)18-10-5-6-13-23(18)31-2/h5-6,10,13-14,16H,3-4,7-9,11-12,15H2,1-2H3,(H,25,26). The Bertz CT molecular complexity index is 1090. The van der Waals surface area contributed by atoms with Crippen molar-refractivity contribution in [2.45, 2.75) is 57.5 Å². The van der Waals surface area contributed by atoms with Crippen molar-refractivity contribution < 1.29 is 9.53 Å². The van der Waals surface area contributed by atoms with Crippen LogP contribution in [0.5, 0.6) is 5.75 Å². The van der Waals surface area contributed by atoms with Gasteiger partial charge < -0.3 is 9.64 Å². The number of carbonyl (C=O) groups excluding carboxylic acids is 1.